The fourth-order valence-electron chi connectivity index (χ4n) is 1.44. The summed E-state index contributed by atoms with van der Waals surface area (Å²) in [5.41, 5.74) is 0.652. The average molecular weight is 235 g/mol. The molecule has 0 aromatic heterocycles. The third kappa shape index (κ3) is 3.59. The summed E-state index contributed by atoms with van der Waals surface area (Å²) in [6.07, 6.45) is 1.94. The summed E-state index contributed by atoms with van der Waals surface area (Å²) in [5.74, 6) is -0.731. The van der Waals surface area contributed by atoms with Gasteiger partial charge >= 0.3 is 5.97 Å². The Balaban J connectivity index is 2.82. The van der Waals surface area contributed by atoms with Gasteiger partial charge in [-0.15, -0.1) is 0 Å². The van der Waals surface area contributed by atoms with Crippen LogP contribution < -0.4 is 5.32 Å². The van der Waals surface area contributed by atoms with Crippen molar-refractivity contribution in [3.05, 3.63) is 35.4 Å². The molecule has 0 aliphatic carbocycles. The lowest BCUT2D eigenvalue weighted by Crippen LogP contribution is -2.26. The molecule has 0 atom stereocenters. The van der Waals surface area contributed by atoms with Gasteiger partial charge in [0, 0.05) is 6.54 Å². The Morgan fingerprint density at radius 1 is 1.24 bits per heavy atom. The van der Waals surface area contributed by atoms with E-state index in [1.165, 1.54) is 7.11 Å². The monoisotopic (exact) mass is 235 g/mol. The van der Waals surface area contributed by atoms with Crippen molar-refractivity contribution in [1.82, 2.24) is 5.32 Å². The number of carbonyl (C=O) groups excluding carboxylic acids is 2. The minimum Gasteiger partial charge on any atom is -0.465 e. The molecule has 0 radical (unpaired) electrons. The van der Waals surface area contributed by atoms with E-state index in [1.54, 1.807) is 24.3 Å². The van der Waals surface area contributed by atoms with E-state index in [2.05, 4.69) is 17.0 Å². The summed E-state index contributed by atoms with van der Waals surface area (Å²) in [5, 5.41) is 2.77. The Hall–Kier alpha value is -1.84. The molecule has 0 spiro atoms. The molecule has 0 aliphatic rings. The van der Waals surface area contributed by atoms with Crippen molar-refractivity contribution < 1.29 is 14.3 Å². The minimum atomic E-state index is -0.494. The van der Waals surface area contributed by atoms with E-state index in [0.717, 1.165) is 12.8 Å². The van der Waals surface area contributed by atoms with Crippen molar-refractivity contribution in [2.24, 2.45) is 0 Å². The molecule has 4 nitrogen and oxygen atoms in total. The number of rotatable bonds is 5. The molecule has 1 N–H and O–H groups in total. The molecule has 1 amide bonds. The first-order chi connectivity index (χ1) is 8.20. The van der Waals surface area contributed by atoms with Crippen molar-refractivity contribution in [1.29, 1.82) is 0 Å². The number of benzene rings is 1. The first-order valence-electron chi connectivity index (χ1n) is 5.66. The second-order valence-corrected chi connectivity index (χ2v) is 3.65. The van der Waals surface area contributed by atoms with Crippen LogP contribution in [-0.2, 0) is 4.74 Å². The minimum absolute atomic E-state index is 0.237. The van der Waals surface area contributed by atoms with Crippen LogP contribution in [0.3, 0.4) is 0 Å². The molecule has 1 rings (SSSR count). The molecule has 17 heavy (non-hydrogen) atoms. The van der Waals surface area contributed by atoms with Gasteiger partial charge in [0.1, 0.15) is 0 Å². The van der Waals surface area contributed by atoms with Crippen molar-refractivity contribution in [3.63, 3.8) is 0 Å². The van der Waals surface area contributed by atoms with Gasteiger partial charge in [0.15, 0.2) is 0 Å². The highest BCUT2D eigenvalue weighted by atomic mass is 16.5. The maximum atomic E-state index is 11.8. The Kier molecular flexibility index (Phi) is 5.20. The van der Waals surface area contributed by atoms with Gasteiger partial charge < -0.3 is 10.1 Å². The normalized spacial score (nSPS) is 9.76. The Morgan fingerprint density at radius 3 is 2.47 bits per heavy atom. The maximum absolute atomic E-state index is 11.8. The van der Waals surface area contributed by atoms with Crippen LogP contribution in [0.5, 0.6) is 0 Å². The van der Waals surface area contributed by atoms with Crippen molar-refractivity contribution in [2.45, 2.75) is 19.8 Å². The smallest absolute Gasteiger partial charge is 0.338 e. The molecular formula is C13H17NO3. The summed E-state index contributed by atoms with van der Waals surface area (Å²) < 4.78 is 4.63. The molecule has 92 valence electrons. The standard InChI is InChI=1S/C13H17NO3/c1-3-4-9-14-12(15)10-7-5-6-8-11(10)13(16)17-2/h5-8H,3-4,9H2,1-2H3,(H,14,15). The average Bonchev–Trinajstić information content (AvgIpc) is 2.38. The molecule has 1 aromatic carbocycles. The van der Waals surface area contributed by atoms with Gasteiger partial charge in [-0.25, -0.2) is 4.79 Å². The zero-order valence-corrected chi connectivity index (χ0v) is 10.2. The third-order valence-corrected chi connectivity index (χ3v) is 2.39. The molecule has 4 heteroatoms. The Morgan fingerprint density at radius 2 is 1.88 bits per heavy atom. The zero-order chi connectivity index (χ0) is 12.7. The quantitative estimate of drug-likeness (QED) is 0.627. The highest BCUT2D eigenvalue weighted by molar-refractivity contribution is 6.05. The Labute approximate surface area is 101 Å². The largest absolute Gasteiger partial charge is 0.465 e. The van der Waals surface area contributed by atoms with Crippen LogP contribution in [0, 0.1) is 0 Å². The molecule has 0 unspecified atom stereocenters. The first-order valence-corrected chi connectivity index (χ1v) is 5.66. The van der Waals surface area contributed by atoms with Crippen LogP contribution >= 0.6 is 0 Å². The number of unbranched alkanes of at least 4 members (excludes halogenated alkanes) is 1. The van der Waals surface area contributed by atoms with Gasteiger partial charge in [-0.1, -0.05) is 25.5 Å². The topological polar surface area (TPSA) is 55.4 Å². The number of hydrogen-bond acceptors (Lipinski definition) is 3. The van der Waals surface area contributed by atoms with Crippen molar-refractivity contribution in [3.8, 4) is 0 Å². The van der Waals surface area contributed by atoms with E-state index in [9.17, 15) is 9.59 Å². The number of hydrogen-bond donors (Lipinski definition) is 1. The second kappa shape index (κ2) is 6.68. The lowest BCUT2D eigenvalue weighted by atomic mass is 10.1. The zero-order valence-electron chi connectivity index (χ0n) is 10.2. The molecule has 0 saturated carbocycles. The highest BCUT2D eigenvalue weighted by Crippen LogP contribution is 2.09. The SMILES string of the molecule is CCCCNC(=O)c1ccccc1C(=O)OC. The first kappa shape index (κ1) is 13.2. The summed E-state index contributed by atoms with van der Waals surface area (Å²) in [7, 11) is 1.30. The predicted molar refractivity (Wildman–Crippen MR) is 65.0 cm³/mol. The van der Waals surface area contributed by atoms with Crippen LogP contribution in [0.4, 0.5) is 0 Å². The van der Waals surface area contributed by atoms with Crippen molar-refractivity contribution >= 4 is 11.9 Å². The number of amides is 1. The van der Waals surface area contributed by atoms with Crippen LogP contribution in [0.25, 0.3) is 0 Å². The number of esters is 1. The molecule has 0 fully saturated rings. The summed E-state index contributed by atoms with van der Waals surface area (Å²) >= 11 is 0. The molecule has 0 saturated heterocycles. The molecular weight excluding hydrogens is 218 g/mol. The number of methoxy groups -OCH3 is 1. The van der Waals surface area contributed by atoms with Crippen LogP contribution in [0.15, 0.2) is 24.3 Å². The lowest BCUT2D eigenvalue weighted by Gasteiger charge is -2.08. The van der Waals surface area contributed by atoms with Crippen LogP contribution in [0.2, 0.25) is 0 Å². The van der Waals surface area contributed by atoms with Crippen molar-refractivity contribution in [2.75, 3.05) is 13.7 Å². The van der Waals surface area contributed by atoms with Crippen LogP contribution in [0.1, 0.15) is 40.5 Å². The van der Waals surface area contributed by atoms with Gasteiger partial charge in [0.25, 0.3) is 5.91 Å². The van der Waals surface area contributed by atoms with Crippen LogP contribution in [-0.4, -0.2) is 25.5 Å². The van der Waals surface area contributed by atoms with E-state index < -0.39 is 5.97 Å². The van der Waals surface area contributed by atoms with E-state index >= 15 is 0 Å². The van der Waals surface area contributed by atoms with Gasteiger partial charge in [-0.05, 0) is 18.6 Å². The number of carbonyl (C=O) groups is 2. The lowest BCUT2D eigenvalue weighted by molar-refractivity contribution is 0.0596. The molecule has 0 bridgehead atoms. The fourth-order valence-corrected chi connectivity index (χ4v) is 1.44. The van der Waals surface area contributed by atoms with Gasteiger partial charge in [0.05, 0.1) is 18.2 Å². The Bertz CT molecular complexity index is 401. The number of ether oxygens (including phenoxy) is 1. The van der Waals surface area contributed by atoms with E-state index in [1.807, 2.05) is 0 Å². The van der Waals surface area contributed by atoms with E-state index in [0.29, 0.717) is 17.7 Å². The summed E-state index contributed by atoms with van der Waals surface area (Å²) in [6.45, 7) is 2.67. The summed E-state index contributed by atoms with van der Waals surface area (Å²) in [6, 6.07) is 6.63. The van der Waals surface area contributed by atoms with Gasteiger partial charge in [-0.2, -0.15) is 0 Å². The molecule has 0 aliphatic heterocycles. The molecule has 1 aromatic rings. The third-order valence-electron chi connectivity index (χ3n) is 2.39. The predicted octanol–water partition coefficient (Wildman–Crippen LogP) is 2.00. The van der Waals surface area contributed by atoms with E-state index in [4.69, 9.17) is 0 Å². The number of nitrogens with one attached hydrogen (secondary N) is 1. The second-order valence-electron chi connectivity index (χ2n) is 3.65. The fraction of sp³-hybridized carbons (Fsp3) is 0.385. The van der Waals surface area contributed by atoms with Gasteiger partial charge in [0.2, 0.25) is 0 Å². The maximum Gasteiger partial charge on any atom is 0.338 e. The van der Waals surface area contributed by atoms with Gasteiger partial charge in [-0.3, -0.25) is 4.79 Å². The molecule has 0 heterocycles. The summed E-state index contributed by atoms with van der Waals surface area (Å²) in [4.78, 5) is 23.3. The highest BCUT2D eigenvalue weighted by Gasteiger charge is 2.16. The van der Waals surface area contributed by atoms with E-state index in [-0.39, 0.29) is 5.91 Å².